The zero-order valence-electron chi connectivity index (χ0n) is 15.9. The Kier molecular flexibility index (Phi) is 4.93. The first-order valence-electron chi connectivity index (χ1n) is 8.75. The smallest absolute Gasteiger partial charge is 0.249 e. The van der Waals surface area contributed by atoms with Gasteiger partial charge in [-0.15, -0.1) is 10.2 Å². The molecule has 1 amide bonds. The van der Waals surface area contributed by atoms with Crippen molar-refractivity contribution < 1.29 is 9.21 Å². The monoisotopic (exact) mass is 352 g/mol. The van der Waals surface area contributed by atoms with Gasteiger partial charge in [0.15, 0.2) is 0 Å². The number of hydrogen-bond donors (Lipinski definition) is 1. The van der Waals surface area contributed by atoms with Crippen LogP contribution in [0.25, 0.3) is 11.5 Å². The normalized spacial score (nSPS) is 11.0. The van der Waals surface area contributed by atoms with Gasteiger partial charge < -0.3 is 14.3 Å². The molecule has 0 bridgehead atoms. The van der Waals surface area contributed by atoms with Gasteiger partial charge in [0.2, 0.25) is 17.7 Å². The van der Waals surface area contributed by atoms with Crippen molar-refractivity contribution in [2.45, 2.75) is 47.6 Å². The molecule has 0 aliphatic carbocycles. The van der Waals surface area contributed by atoms with E-state index < -0.39 is 0 Å². The molecule has 6 nitrogen and oxygen atoms in total. The van der Waals surface area contributed by atoms with Crippen molar-refractivity contribution in [2.75, 3.05) is 5.32 Å². The summed E-state index contributed by atoms with van der Waals surface area (Å²) in [4.78, 5) is 12.5. The molecule has 0 radical (unpaired) electrons. The van der Waals surface area contributed by atoms with Crippen LogP contribution in [0, 0.1) is 27.7 Å². The van der Waals surface area contributed by atoms with Crippen LogP contribution in [0.5, 0.6) is 0 Å². The highest BCUT2D eigenvalue weighted by Gasteiger charge is 2.17. The number of nitrogens with zero attached hydrogens (tertiary/aromatic N) is 3. The third-order valence-electron chi connectivity index (χ3n) is 4.67. The van der Waals surface area contributed by atoms with Crippen LogP contribution < -0.4 is 5.32 Å². The third-order valence-corrected chi connectivity index (χ3v) is 4.67. The minimum Gasteiger partial charge on any atom is -0.421 e. The molecule has 0 saturated heterocycles. The lowest BCUT2D eigenvalue weighted by atomic mass is 10.1. The fraction of sp³-hybridized carbons (Fsp3) is 0.350. The summed E-state index contributed by atoms with van der Waals surface area (Å²) in [6.07, 6.45) is 0.699. The molecular weight excluding hydrogens is 328 g/mol. The molecule has 2 aromatic heterocycles. The standard InChI is InChI=1S/C20H24N4O2/c1-6-19-22-23-20(26-19)17-10-14(4)24(15(17)5)11-18(25)21-16-8-7-12(2)13(3)9-16/h7-10H,6,11H2,1-5H3,(H,21,25). The summed E-state index contributed by atoms with van der Waals surface area (Å²) in [5, 5.41) is 11.1. The first-order valence-corrected chi connectivity index (χ1v) is 8.75. The van der Waals surface area contributed by atoms with Crippen LogP contribution in [0.3, 0.4) is 0 Å². The van der Waals surface area contributed by atoms with Crippen molar-refractivity contribution in [2.24, 2.45) is 0 Å². The molecule has 0 aliphatic rings. The van der Waals surface area contributed by atoms with E-state index in [0.717, 1.165) is 28.2 Å². The summed E-state index contributed by atoms with van der Waals surface area (Å²) >= 11 is 0. The molecule has 0 aliphatic heterocycles. The fourth-order valence-electron chi connectivity index (χ4n) is 2.93. The molecule has 0 spiro atoms. The lowest BCUT2D eigenvalue weighted by Crippen LogP contribution is -2.20. The molecule has 0 atom stereocenters. The van der Waals surface area contributed by atoms with Gasteiger partial charge in [-0.1, -0.05) is 13.0 Å². The lowest BCUT2D eigenvalue weighted by molar-refractivity contribution is -0.116. The van der Waals surface area contributed by atoms with E-state index in [0.29, 0.717) is 18.2 Å². The largest absolute Gasteiger partial charge is 0.421 e. The van der Waals surface area contributed by atoms with E-state index in [1.165, 1.54) is 5.56 Å². The van der Waals surface area contributed by atoms with E-state index in [2.05, 4.69) is 22.4 Å². The minimum absolute atomic E-state index is 0.0682. The molecule has 136 valence electrons. The molecule has 3 rings (SSSR count). The van der Waals surface area contributed by atoms with Gasteiger partial charge in [-0.3, -0.25) is 4.79 Å². The maximum absolute atomic E-state index is 12.5. The van der Waals surface area contributed by atoms with Crippen molar-refractivity contribution in [1.82, 2.24) is 14.8 Å². The highest BCUT2D eigenvalue weighted by Crippen LogP contribution is 2.26. The molecule has 2 heterocycles. The molecule has 3 aromatic rings. The summed E-state index contributed by atoms with van der Waals surface area (Å²) in [6.45, 7) is 10.2. The Morgan fingerprint density at radius 2 is 1.88 bits per heavy atom. The van der Waals surface area contributed by atoms with Crippen LogP contribution in [0.4, 0.5) is 5.69 Å². The number of rotatable bonds is 5. The maximum atomic E-state index is 12.5. The summed E-state index contributed by atoms with van der Waals surface area (Å²) in [6, 6.07) is 7.90. The van der Waals surface area contributed by atoms with Crippen LogP contribution in [0.1, 0.15) is 35.3 Å². The molecule has 1 N–H and O–H groups in total. The summed E-state index contributed by atoms with van der Waals surface area (Å²) < 4.78 is 7.62. The van der Waals surface area contributed by atoms with Gasteiger partial charge in [-0.05, 0) is 57.0 Å². The van der Waals surface area contributed by atoms with Crippen molar-refractivity contribution >= 4 is 11.6 Å². The molecule has 6 heteroatoms. The highest BCUT2D eigenvalue weighted by molar-refractivity contribution is 5.91. The van der Waals surface area contributed by atoms with Crippen LogP contribution >= 0.6 is 0 Å². The number of carbonyl (C=O) groups excluding carboxylic acids is 1. The minimum atomic E-state index is -0.0682. The van der Waals surface area contributed by atoms with Gasteiger partial charge in [0.1, 0.15) is 6.54 Å². The van der Waals surface area contributed by atoms with E-state index >= 15 is 0 Å². The van der Waals surface area contributed by atoms with Crippen LogP contribution in [-0.2, 0) is 17.8 Å². The second-order valence-electron chi connectivity index (χ2n) is 6.57. The summed E-state index contributed by atoms with van der Waals surface area (Å²) in [5.74, 6) is 1.04. The van der Waals surface area contributed by atoms with E-state index in [4.69, 9.17) is 4.42 Å². The Morgan fingerprint density at radius 1 is 1.12 bits per heavy atom. The van der Waals surface area contributed by atoms with Gasteiger partial charge in [0, 0.05) is 23.5 Å². The summed E-state index contributed by atoms with van der Waals surface area (Å²) in [7, 11) is 0. The van der Waals surface area contributed by atoms with Crippen LogP contribution in [0.15, 0.2) is 28.7 Å². The quantitative estimate of drug-likeness (QED) is 0.754. The second kappa shape index (κ2) is 7.15. The Labute approximate surface area is 153 Å². The average molecular weight is 352 g/mol. The molecule has 0 unspecified atom stereocenters. The highest BCUT2D eigenvalue weighted by atomic mass is 16.4. The predicted molar refractivity (Wildman–Crippen MR) is 101 cm³/mol. The molecule has 26 heavy (non-hydrogen) atoms. The number of hydrogen-bond acceptors (Lipinski definition) is 4. The average Bonchev–Trinajstić information content (AvgIpc) is 3.18. The van der Waals surface area contributed by atoms with Gasteiger partial charge in [0.05, 0.1) is 5.56 Å². The Hall–Kier alpha value is -2.89. The zero-order valence-corrected chi connectivity index (χ0v) is 15.9. The van der Waals surface area contributed by atoms with E-state index in [1.807, 2.05) is 56.5 Å². The van der Waals surface area contributed by atoms with Crippen molar-refractivity contribution in [3.8, 4) is 11.5 Å². The predicted octanol–water partition coefficient (Wildman–Crippen LogP) is 3.97. The molecule has 1 aromatic carbocycles. The number of amides is 1. The topological polar surface area (TPSA) is 73.0 Å². The number of aromatic nitrogens is 3. The van der Waals surface area contributed by atoms with Gasteiger partial charge >= 0.3 is 0 Å². The summed E-state index contributed by atoms with van der Waals surface area (Å²) in [5.41, 5.74) is 5.95. The van der Waals surface area contributed by atoms with Crippen molar-refractivity contribution in [3.05, 3.63) is 52.7 Å². The first kappa shape index (κ1) is 17.9. The number of benzene rings is 1. The molecule has 0 saturated carbocycles. The zero-order chi connectivity index (χ0) is 18.8. The Balaban J connectivity index is 1.79. The Morgan fingerprint density at radius 3 is 2.54 bits per heavy atom. The van der Waals surface area contributed by atoms with Crippen LogP contribution in [0.2, 0.25) is 0 Å². The van der Waals surface area contributed by atoms with E-state index in [-0.39, 0.29) is 12.5 Å². The number of nitrogens with one attached hydrogen (secondary N) is 1. The van der Waals surface area contributed by atoms with Gasteiger partial charge in [-0.25, -0.2) is 0 Å². The van der Waals surface area contributed by atoms with Crippen molar-refractivity contribution in [1.29, 1.82) is 0 Å². The molecular formula is C20H24N4O2. The molecule has 0 fully saturated rings. The number of anilines is 1. The van der Waals surface area contributed by atoms with Crippen molar-refractivity contribution in [3.63, 3.8) is 0 Å². The first-order chi connectivity index (χ1) is 12.4. The second-order valence-corrected chi connectivity index (χ2v) is 6.57. The van der Waals surface area contributed by atoms with E-state index in [1.54, 1.807) is 0 Å². The fourth-order valence-corrected chi connectivity index (χ4v) is 2.93. The number of aryl methyl sites for hydroxylation is 4. The SMILES string of the molecule is CCc1nnc(-c2cc(C)n(CC(=O)Nc3ccc(C)c(C)c3)c2C)o1. The van der Waals surface area contributed by atoms with Gasteiger partial charge in [-0.2, -0.15) is 0 Å². The lowest BCUT2D eigenvalue weighted by Gasteiger charge is -2.11. The Bertz CT molecular complexity index is 953. The third kappa shape index (κ3) is 3.54. The van der Waals surface area contributed by atoms with Crippen LogP contribution in [-0.4, -0.2) is 20.7 Å². The van der Waals surface area contributed by atoms with E-state index in [9.17, 15) is 4.79 Å². The number of carbonyl (C=O) groups is 1. The van der Waals surface area contributed by atoms with Gasteiger partial charge in [0.25, 0.3) is 0 Å². The maximum Gasteiger partial charge on any atom is 0.249 e.